The molecule has 2 unspecified atom stereocenters. The van der Waals surface area contributed by atoms with Crippen molar-refractivity contribution in [1.29, 1.82) is 0 Å². The van der Waals surface area contributed by atoms with Crippen LogP contribution < -0.4 is 5.32 Å². The highest BCUT2D eigenvalue weighted by molar-refractivity contribution is 9.09. The summed E-state index contributed by atoms with van der Waals surface area (Å²) in [6.45, 7) is 0. The van der Waals surface area contributed by atoms with Gasteiger partial charge in [-0.3, -0.25) is 4.79 Å². The summed E-state index contributed by atoms with van der Waals surface area (Å²) < 4.78 is 13.5. The highest BCUT2D eigenvalue weighted by Crippen LogP contribution is 2.26. The van der Waals surface area contributed by atoms with Crippen LogP contribution in [0.25, 0.3) is 0 Å². The molecule has 1 aromatic carbocycles. The molecule has 0 spiro atoms. The Kier molecular flexibility index (Phi) is 4.05. The fraction of sp³-hybridized carbons (Fsp3) is 0.417. The maximum atomic E-state index is 13.5. The quantitative estimate of drug-likeness (QED) is 0.830. The van der Waals surface area contributed by atoms with Gasteiger partial charge in [-0.15, -0.1) is 0 Å². The predicted octanol–water partition coefficient (Wildman–Crippen LogP) is 3.52. The smallest absolute Gasteiger partial charge is 0.254 e. The molecule has 0 aliphatic heterocycles. The predicted molar refractivity (Wildman–Crippen MR) is 69.2 cm³/mol. The van der Waals surface area contributed by atoms with Gasteiger partial charge in [0.05, 0.1) is 5.56 Å². The van der Waals surface area contributed by atoms with E-state index >= 15 is 0 Å². The van der Waals surface area contributed by atoms with E-state index in [2.05, 4.69) is 21.2 Å². The summed E-state index contributed by atoms with van der Waals surface area (Å²) in [6.07, 6.45) is 3.02. The van der Waals surface area contributed by atoms with E-state index in [4.69, 9.17) is 11.6 Å². The number of nitrogens with one attached hydrogen (secondary N) is 1. The van der Waals surface area contributed by atoms with Gasteiger partial charge in [0, 0.05) is 15.9 Å². The van der Waals surface area contributed by atoms with E-state index in [1.165, 1.54) is 18.2 Å². The van der Waals surface area contributed by atoms with Gasteiger partial charge in [0.15, 0.2) is 0 Å². The van der Waals surface area contributed by atoms with Gasteiger partial charge in [0.1, 0.15) is 5.82 Å². The molecule has 1 amide bonds. The van der Waals surface area contributed by atoms with E-state index < -0.39 is 11.7 Å². The fourth-order valence-corrected chi connectivity index (χ4v) is 2.89. The van der Waals surface area contributed by atoms with Gasteiger partial charge >= 0.3 is 0 Å². The van der Waals surface area contributed by atoms with Crippen molar-refractivity contribution < 1.29 is 9.18 Å². The van der Waals surface area contributed by atoms with Gasteiger partial charge in [-0.05, 0) is 31.0 Å². The maximum Gasteiger partial charge on any atom is 0.254 e. The summed E-state index contributed by atoms with van der Waals surface area (Å²) >= 11 is 9.25. The monoisotopic (exact) mass is 319 g/mol. The Morgan fingerprint density at radius 3 is 2.88 bits per heavy atom. The van der Waals surface area contributed by atoms with Gasteiger partial charge in [0.2, 0.25) is 0 Å². The highest BCUT2D eigenvalue weighted by Gasteiger charge is 2.27. The van der Waals surface area contributed by atoms with Gasteiger partial charge < -0.3 is 5.32 Å². The second-order valence-electron chi connectivity index (χ2n) is 4.15. The molecule has 0 radical (unpaired) electrons. The van der Waals surface area contributed by atoms with E-state index in [1.807, 2.05) is 0 Å². The van der Waals surface area contributed by atoms with E-state index in [-0.39, 0.29) is 16.4 Å². The SMILES string of the molecule is O=C(NC1CCCC1Br)c1cc(Cl)ccc1F. The molecule has 0 heterocycles. The first-order valence-electron chi connectivity index (χ1n) is 5.48. The van der Waals surface area contributed by atoms with Crippen molar-refractivity contribution in [3.63, 3.8) is 0 Å². The minimum absolute atomic E-state index is 0.00380. The molecule has 0 bridgehead atoms. The van der Waals surface area contributed by atoms with Crippen LogP contribution in [-0.4, -0.2) is 16.8 Å². The van der Waals surface area contributed by atoms with Crippen LogP contribution in [0.15, 0.2) is 18.2 Å². The summed E-state index contributed by atoms with van der Waals surface area (Å²) in [5, 5.41) is 3.19. The van der Waals surface area contributed by atoms with Crippen LogP contribution in [0.4, 0.5) is 4.39 Å². The minimum Gasteiger partial charge on any atom is -0.348 e. The van der Waals surface area contributed by atoms with Crippen molar-refractivity contribution in [1.82, 2.24) is 5.32 Å². The first-order valence-corrected chi connectivity index (χ1v) is 6.77. The Labute approximate surface area is 113 Å². The number of halogens is 3. The topological polar surface area (TPSA) is 29.1 Å². The largest absolute Gasteiger partial charge is 0.348 e. The van der Waals surface area contributed by atoms with Crippen LogP contribution in [0, 0.1) is 5.82 Å². The molecule has 1 aliphatic rings. The number of hydrogen-bond acceptors (Lipinski definition) is 1. The molecular weight excluding hydrogens is 308 g/mol. The van der Waals surface area contributed by atoms with Gasteiger partial charge in [-0.1, -0.05) is 34.0 Å². The Morgan fingerprint density at radius 2 is 2.24 bits per heavy atom. The molecule has 92 valence electrons. The lowest BCUT2D eigenvalue weighted by molar-refractivity contribution is 0.0935. The van der Waals surface area contributed by atoms with Crippen molar-refractivity contribution in [3.8, 4) is 0 Å². The van der Waals surface area contributed by atoms with Crippen LogP contribution in [0.3, 0.4) is 0 Å². The molecule has 2 atom stereocenters. The molecule has 5 heteroatoms. The molecule has 2 nitrogen and oxygen atoms in total. The Bertz CT molecular complexity index is 441. The third kappa shape index (κ3) is 2.99. The number of carbonyl (C=O) groups is 1. The average Bonchev–Trinajstić information content (AvgIpc) is 2.68. The first kappa shape index (κ1) is 12.8. The molecule has 2 rings (SSSR count). The second kappa shape index (κ2) is 5.36. The summed E-state index contributed by atoms with van der Waals surface area (Å²) in [5.74, 6) is -0.947. The number of hydrogen-bond donors (Lipinski definition) is 1. The third-order valence-corrected chi connectivity index (χ3v) is 4.25. The Balaban J connectivity index is 2.11. The molecule has 1 fully saturated rings. The molecule has 1 N–H and O–H groups in total. The van der Waals surface area contributed by atoms with Crippen molar-refractivity contribution in [2.45, 2.75) is 30.1 Å². The van der Waals surface area contributed by atoms with Gasteiger partial charge in [-0.25, -0.2) is 4.39 Å². The first-order chi connectivity index (χ1) is 8.08. The molecule has 1 aromatic rings. The standard InChI is InChI=1S/C12H12BrClFNO/c13-9-2-1-3-11(9)16-12(17)8-6-7(14)4-5-10(8)15/h4-6,9,11H,1-3H2,(H,16,17). The van der Waals surface area contributed by atoms with Crippen LogP contribution in [0.1, 0.15) is 29.6 Å². The molecule has 17 heavy (non-hydrogen) atoms. The summed E-state index contributed by atoms with van der Waals surface area (Å²) in [6, 6.07) is 4.05. The number of carbonyl (C=O) groups excluding carboxylic acids is 1. The van der Waals surface area contributed by atoms with Crippen LogP contribution in [0.5, 0.6) is 0 Å². The zero-order valence-electron chi connectivity index (χ0n) is 9.05. The minimum atomic E-state index is -0.545. The number of alkyl halides is 1. The van der Waals surface area contributed by atoms with Crippen molar-refractivity contribution in [2.75, 3.05) is 0 Å². The van der Waals surface area contributed by atoms with E-state index in [0.29, 0.717) is 5.02 Å². The lowest BCUT2D eigenvalue weighted by Crippen LogP contribution is -2.38. The van der Waals surface area contributed by atoms with E-state index in [9.17, 15) is 9.18 Å². The molecule has 1 saturated carbocycles. The normalized spacial score (nSPS) is 23.7. The average molecular weight is 321 g/mol. The Morgan fingerprint density at radius 1 is 1.47 bits per heavy atom. The third-order valence-electron chi connectivity index (χ3n) is 2.92. The fourth-order valence-electron chi connectivity index (χ4n) is 2.00. The van der Waals surface area contributed by atoms with Gasteiger partial charge in [0.25, 0.3) is 5.91 Å². The van der Waals surface area contributed by atoms with E-state index in [0.717, 1.165) is 19.3 Å². The lowest BCUT2D eigenvalue weighted by atomic mass is 10.1. The number of rotatable bonds is 2. The second-order valence-corrected chi connectivity index (χ2v) is 5.76. The van der Waals surface area contributed by atoms with Crippen LogP contribution in [0.2, 0.25) is 5.02 Å². The highest BCUT2D eigenvalue weighted by atomic mass is 79.9. The molecule has 0 aromatic heterocycles. The van der Waals surface area contributed by atoms with Crippen LogP contribution >= 0.6 is 27.5 Å². The lowest BCUT2D eigenvalue weighted by Gasteiger charge is -2.16. The molecule has 0 saturated heterocycles. The number of amides is 1. The maximum absolute atomic E-state index is 13.5. The summed E-state index contributed by atoms with van der Waals surface area (Å²) in [4.78, 5) is 12.2. The Hall–Kier alpha value is -0.610. The number of benzene rings is 1. The van der Waals surface area contributed by atoms with Crippen molar-refractivity contribution >= 4 is 33.4 Å². The molecular formula is C12H12BrClFNO. The summed E-state index contributed by atoms with van der Waals surface area (Å²) in [7, 11) is 0. The van der Waals surface area contributed by atoms with Crippen LogP contribution in [-0.2, 0) is 0 Å². The zero-order valence-corrected chi connectivity index (χ0v) is 11.4. The zero-order chi connectivity index (χ0) is 12.4. The molecule has 1 aliphatic carbocycles. The van der Waals surface area contributed by atoms with Gasteiger partial charge in [-0.2, -0.15) is 0 Å². The van der Waals surface area contributed by atoms with Crippen molar-refractivity contribution in [2.24, 2.45) is 0 Å². The summed E-state index contributed by atoms with van der Waals surface area (Å²) in [5.41, 5.74) is 0.00380. The van der Waals surface area contributed by atoms with Crippen molar-refractivity contribution in [3.05, 3.63) is 34.6 Å². The van der Waals surface area contributed by atoms with E-state index in [1.54, 1.807) is 0 Å².